The van der Waals surface area contributed by atoms with Crippen molar-refractivity contribution in [3.63, 3.8) is 0 Å². The van der Waals surface area contributed by atoms with Gasteiger partial charge in [-0.2, -0.15) is 0 Å². The maximum atomic E-state index is 12.7. The molecule has 0 aliphatic carbocycles. The van der Waals surface area contributed by atoms with Crippen molar-refractivity contribution in [2.45, 2.75) is 60.8 Å². The van der Waals surface area contributed by atoms with Gasteiger partial charge >= 0.3 is 0 Å². The average Bonchev–Trinajstić information content (AvgIpc) is 2.13. The molecule has 0 amide bonds. The fourth-order valence-corrected chi connectivity index (χ4v) is 4.38. The summed E-state index contributed by atoms with van der Waals surface area (Å²) >= 11 is 0. The maximum absolute atomic E-state index is 12.7. The van der Waals surface area contributed by atoms with Gasteiger partial charge in [0.15, 0.2) is 0 Å². The molecule has 1 heterocycles. The summed E-state index contributed by atoms with van der Waals surface area (Å²) in [5.41, 5.74) is 0.0922. The van der Waals surface area contributed by atoms with Crippen molar-refractivity contribution in [3.8, 4) is 0 Å². The lowest BCUT2D eigenvalue weighted by Gasteiger charge is -2.36. The molecule has 2 atom stereocenters. The van der Waals surface area contributed by atoms with Crippen LogP contribution in [0.4, 0.5) is 0 Å². The van der Waals surface area contributed by atoms with Crippen molar-refractivity contribution < 1.29 is 4.79 Å². The standard InChI is InChI=1S/C15H30NOP/c1-7-15(6)9-14(4,5)11-16(18)10-13(2,3)8-12(15)17/h7-11,18H2,1-6H3. The second-order valence-electron chi connectivity index (χ2n) is 7.92. The van der Waals surface area contributed by atoms with Crippen LogP contribution in [0, 0.1) is 16.2 Å². The van der Waals surface area contributed by atoms with E-state index in [1.807, 2.05) is 0 Å². The molecular formula is C15H30NOP. The molecule has 0 aromatic rings. The number of Topliss-reactive ketones (excluding diaryl/α,β-unsaturated/α-hetero) is 1. The molecule has 1 saturated heterocycles. The maximum Gasteiger partial charge on any atom is 0.139 e. The van der Waals surface area contributed by atoms with Gasteiger partial charge in [0.1, 0.15) is 5.78 Å². The van der Waals surface area contributed by atoms with Crippen molar-refractivity contribution in [1.82, 2.24) is 4.67 Å². The van der Waals surface area contributed by atoms with Crippen molar-refractivity contribution in [3.05, 3.63) is 0 Å². The number of hydrogen-bond donors (Lipinski definition) is 0. The first-order chi connectivity index (χ1) is 8.00. The molecule has 1 fully saturated rings. The first-order valence-electron chi connectivity index (χ1n) is 7.03. The Labute approximate surface area is 115 Å². The van der Waals surface area contributed by atoms with E-state index >= 15 is 0 Å². The summed E-state index contributed by atoms with van der Waals surface area (Å²) in [7, 11) is 2.84. The third-order valence-corrected chi connectivity index (χ3v) is 4.59. The van der Waals surface area contributed by atoms with Crippen LogP contribution in [0.15, 0.2) is 0 Å². The van der Waals surface area contributed by atoms with Crippen LogP contribution in [0.3, 0.4) is 0 Å². The number of ketones is 1. The van der Waals surface area contributed by atoms with Gasteiger partial charge in [0, 0.05) is 24.9 Å². The Kier molecular flexibility index (Phi) is 4.66. The summed E-state index contributed by atoms with van der Waals surface area (Å²) in [5, 5.41) is 0. The smallest absolute Gasteiger partial charge is 0.139 e. The van der Waals surface area contributed by atoms with E-state index in [1.54, 1.807) is 0 Å². The SMILES string of the molecule is CCC1(C)CC(C)(C)CN(P)CC(C)(C)CC1=O. The zero-order chi connectivity index (χ0) is 14.2. The van der Waals surface area contributed by atoms with Gasteiger partial charge in [0.25, 0.3) is 0 Å². The quantitative estimate of drug-likeness (QED) is 0.674. The lowest BCUT2D eigenvalue weighted by molar-refractivity contribution is -0.131. The van der Waals surface area contributed by atoms with Crippen LogP contribution in [-0.2, 0) is 4.79 Å². The highest BCUT2D eigenvalue weighted by Gasteiger charge is 2.41. The summed E-state index contributed by atoms with van der Waals surface area (Å²) in [6, 6.07) is 0. The van der Waals surface area contributed by atoms with E-state index in [9.17, 15) is 4.79 Å². The molecule has 1 rings (SSSR count). The van der Waals surface area contributed by atoms with Gasteiger partial charge in [-0.15, -0.1) is 0 Å². The van der Waals surface area contributed by atoms with E-state index in [4.69, 9.17) is 0 Å². The lowest BCUT2D eigenvalue weighted by atomic mass is 9.68. The summed E-state index contributed by atoms with van der Waals surface area (Å²) in [6.07, 6.45) is 2.62. The molecule has 2 unspecified atom stereocenters. The van der Waals surface area contributed by atoms with E-state index in [1.165, 1.54) is 0 Å². The molecule has 0 aromatic carbocycles. The first kappa shape index (κ1) is 16.1. The largest absolute Gasteiger partial charge is 0.299 e. The Morgan fingerprint density at radius 3 is 2.11 bits per heavy atom. The van der Waals surface area contributed by atoms with Gasteiger partial charge < -0.3 is 0 Å². The highest BCUT2D eigenvalue weighted by Crippen LogP contribution is 2.43. The minimum Gasteiger partial charge on any atom is -0.299 e. The zero-order valence-corrected chi connectivity index (χ0v) is 14.1. The van der Waals surface area contributed by atoms with Crippen LogP contribution in [0.5, 0.6) is 0 Å². The number of carbonyl (C=O) groups excluding carboxylic acids is 1. The predicted octanol–water partition coefficient (Wildman–Crippen LogP) is 3.91. The van der Waals surface area contributed by atoms with Gasteiger partial charge in [-0.25, -0.2) is 0 Å². The van der Waals surface area contributed by atoms with Crippen molar-refractivity contribution >= 4 is 15.2 Å². The summed E-state index contributed by atoms with van der Waals surface area (Å²) in [4.78, 5) is 12.7. The molecule has 1 aliphatic rings. The summed E-state index contributed by atoms with van der Waals surface area (Å²) < 4.78 is 2.31. The number of rotatable bonds is 1. The van der Waals surface area contributed by atoms with Gasteiger partial charge in [0.2, 0.25) is 0 Å². The molecule has 0 bridgehead atoms. The topological polar surface area (TPSA) is 20.3 Å². The minimum atomic E-state index is -0.156. The molecular weight excluding hydrogens is 241 g/mol. The Hall–Kier alpha value is 0.0600. The van der Waals surface area contributed by atoms with Crippen molar-refractivity contribution in [2.24, 2.45) is 16.2 Å². The Balaban J connectivity index is 3.09. The van der Waals surface area contributed by atoms with Crippen molar-refractivity contribution in [2.75, 3.05) is 13.1 Å². The molecule has 1 aliphatic heterocycles. The fourth-order valence-electron chi connectivity index (χ4n) is 3.39. The molecule has 0 N–H and O–H groups in total. The van der Waals surface area contributed by atoms with E-state index in [-0.39, 0.29) is 16.2 Å². The Morgan fingerprint density at radius 1 is 1.11 bits per heavy atom. The molecule has 0 radical (unpaired) electrons. The van der Waals surface area contributed by atoms with E-state index in [2.05, 4.69) is 55.6 Å². The van der Waals surface area contributed by atoms with Crippen LogP contribution in [0.1, 0.15) is 60.8 Å². The van der Waals surface area contributed by atoms with Crippen molar-refractivity contribution in [1.29, 1.82) is 0 Å². The van der Waals surface area contributed by atoms with E-state index in [0.29, 0.717) is 12.2 Å². The molecule has 0 aromatic heterocycles. The summed E-state index contributed by atoms with van der Waals surface area (Å²) in [5.74, 6) is 0.448. The van der Waals surface area contributed by atoms with Crippen LogP contribution in [0.25, 0.3) is 0 Å². The van der Waals surface area contributed by atoms with Gasteiger partial charge in [-0.3, -0.25) is 9.46 Å². The fraction of sp³-hybridized carbons (Fsp3) is 0.933. The monoisotopic (exact) mass is 271 g/mol. The third kappa shape index (κ3) is 4.03. The number of nitrogens with zero attached hydrogens (tertiary/aromatic N) is 1. The zero-order valence-electron chi connectivity index (χ0n) is 13.0. The molecule has 0 saturated carbocycles. The predicted molar refractivity (Wildman–Crippen MR) is 81.5 cm³/mol. The average molecular weight is 271 g/mol. The van der Waals surface area contributed by atoms with Crippen LogP contribution < -0.4 is 0 Å². The molecule has 2 nitrogen and oxygen atoms in total. The van der Waals surface area contributed by atoms with E-state index in [0.717, 1.165) is 25.9 Å². The third-order valence-electron chi connectivity index (χ3n) is 4.22. The van der Waals surface area contributed by atoms with Crippen LogP contribution >= 0.6 is 9.39 Å². The van der Waals surface area contributed by atoms with Gasteiger partial charge in [-0.05, 0) is 23.7 Å². The second kappa shape index (κ2) is 5.21. The van der Waals surface area contributed by atoms with Crippen LogP contribution in [0.2, 0.25) is 0 Å². The summed E-state index contributed by atoms with van der Waals surface area (Å²) in [6.45, 7) is 15.3. The minimum absolute atomic E-state index is 0.0652. The Morgan fingerprint density at radius 2 is 1.61 bits per heavy atom. The number of carbonyl (C=O) groups is 1. The molecule has 106 valence electrons. The highest BCUT2D eigenvalue weighted by atomic mass is 31.0. The highest BCUT2D eigenvalue weighted by molar-refractivity contribution is 7.13. The number of hydrogen-bond acceptors (Lipinski definition) is 2. The lowest BCUT2D eigenvalue weighted by Crippen LogP contribution is -2.35. The van der Waals surface area contributed by atoms with Gasteiger partial charge in [0.05, 0.1) is 0 Å². The first-order valence-corrected chi connectivity index (χ1v) is 7.54. The molecule has 3 heteroatoms. The normalized spacial score (nSPS) is 33.6. The second-order valence-corrected chi connectivity index (χ2v) is 8.65. The Bertz CT molecular complexity index is 324. The van der Waals surface area contributed by atoms with E-state index < -0.39 is 0 Å². The van der Waals surface area contributed by atoms with Gasteiger partial charge in [-0.1, -0.05) is 50.9 Å². The molecule has 0 spiro atoms. The molecule has 18 heavy (non-hydrogen) atoms. The van der Waals surface area contributed by atoms with Crippen LogP contribution in [-0.4, -0.2) is 23.5 Å².